The molecule has 1 saturated heterocycles. The minimum Gasteiger partial charge on any atom is -0.507 e. The Kier molecular flexibility index (Phi) is 6.81. The summed E-state index contributed by atoms with van der Waals surface area (Å²) in [7, 11) is 0. The normalized spacial score (nSPS) is 17.2. The molecule has 1 aromatic heterocycles. The van der Waals surface area contributed by atoms with Gasteiger partial charge in [0.2, 0.25) is 0 Å². The van der Waals surface area contributed by atoms with Gasteiger partial charge in [0.25, 0.3) is 5.78 Å². The van der Waals surface area contributed by atoms with E-state index in [0.717, 1.165) is 25.8 Å². The number of aromatic nitrogens is 1. The molecule has 1 aliphatic rings. The number of amides is 1. The molecule has 0 spiro atoms. The van der Waals surface area contributed by atoms with Gasteiger partial charge < -0.3 is 9.84 Å². The van der Waals surface area contributed by atoms with Gasteiger partial charge in [-0.25, -0.2) is 4.98 Å². The maximum absolute atomic E-state index is 13.4. The van der Waals surface area contributed by atoms with Crippen LogP contribution in [0.15, 0.2) is 72.3 Å². The molecule has 36 heavy (non-hydrogen) atoms. The molecule has 1 fully saturated rings. The number of aliphatic hydroxyl groups excluding tert-OH is 1. The number of carbonyl (C=O) groups is 2. The first-order valence-electron chi connectivity index (χ1n) is 11.5. The van der Waals surface area contributed by atoms with Crippen molar-refractivity contribution in [2.24, 2.45) is 0 Å². The van der Waals surface area contributed by atoms with Crippen LogP contribution in [0, 0.1) is 10.5 Å². The highest BCUT2D eigenvalue weighted by Crippen LogP contribution is 2.44. The molecule has 1 aliphatic heterocycles. The second kappa shape index (κ2) is 10.0. The number of fused-ring (bicyclic) bond motifs is 1. The number of halogens is 1. The number of anilines is 1. The average Bonchev–Trinajstić information content (AvgIpc) is 3.40. The minimum atomic E-state index is -0.816. The number of benzene rings is 3. The van der Waals surface area contributed by atoms with Gasteiger partial charge in [0.1, 0.15) is 11.5 Å². The van der Waals surface area contributed by atoms with Gasteiger partial charge >= 0.3 is 5.91 Å². The zero-order chi connectivity index (χ0) is 25.4. The number of nitrogens with zero attached hydrogens (tertiary/aromatic N) is 2. The molecule has 1 atom stereocenters. The van der Waals surface area contributed by atoms with Crippen LogP contribution in [0.3, 0.4) is 0 Å². The second-order valence-corrected chi connectivity index (χ2v) is 10.8. The summed E-state index contributed by atoms with van der Waals surface area (Å²) in [5.41, 5.74) is 3.00. The fourth-order valence-electron chi connectivity index (χ4n) is 4.22. The van der Waals surface area contributed by atoms with Crippen molar-refractivity contribution in [3.63, 3.8) is 0 Å². The smallest absolute Gasteiger partial charge is 0.301 e. The van der Waals surface area contributed by atoms with E-state index < -0.39 is 17.7 Å². The molecule has 2 heterocycles. The Hall–Kier alpha value is -3.24. The Labute approximate surface area is 226 Å². The number of carbonyl (C=O) groups excluding carboxylic acids is 2. The summed E-state index contributed by atoms with van der Waals surface area (Å²) < 4.78 is 7.65. The number of thiazole rings is 1. The fourth-order valence-corrected chi connectivity index (χ4v) is 5.67. The zero-order valence-electron chi connectivity index (χ0n) is 19.7. The SMILES string of the molecule is CCCOc1cccc(C(O)=C2C(=O)C(=O)N(c3nc4ccc(C)cc4s3)C2c2ccc(I)cc2)c1. The van der Waals surface area contributed by atoms with Crippen LogP contribution in [-0.4, -0.2) is 28.4 Å². The highest BCUT2D eigenvalue weighted by atomic mass is 127. The molecule has 0 bridgehead atoms. The third-order valence-electron chi connectivity index (χ3n) is 5.95. The topological polar surface area (TPSA) is 79.7 Å². The molecule has 5 rings (SSSR count). The molecule has 6 nitrogen and oxygen atoms in total. The maximum Gasteiger partial charge on any atom is 0.301 e. The third kappa shape index (κ3) is 4.51. The molecular formula is C28H23IN2O4S. The summed E-state index contributed by atoms with van der Waals surface area (Å²) in [5.74, 6) is -1.11. The van der Waals surface area contributed by atoms with E-state index in [1.165, 1.54) is 16.2 Å². The molecule has 3 aromatic carbocycles. The average molecular weight is 610 g/mol. The van der Waals surface area contributed by atoms with Gasteiger partial charge in [-0.1, -0.05) is 48.6 Å². The molecule has 0 saturated carbocycles. The Morgan fingerprint density at radius 2 is 1.89 bits per heavy atom. The van der Waals surface area contributed by atoms with Gasteiger partial charge in [-0.3, -0.25) is 14.5 Å². The Balaban J connectivity index is 1.68. The number of Topliss-reactive ketones (excluding diaryl/α,β-unsaturated/α-hetero) is 1. The number of aliphatic hydroxyl groups is 1. The van der Waals surface area contributed by atoms with Gasteiger partial charge in [-0.2, -0.15) is 0 Å². The lowest BCUT2D eigenvalue weighted by atomic mass is 9.95. The highest BCUT2D eigenvalue weighted by Gasteiger charge is 2.48. The molecule has 1 N–H and O–H groups in total. The lowest BCUT2D eigenvalue weighted by Crippen LogP contribution is -2.29. The number of rotatable bonds is 6. The van der Waals surface area contributed by atoms with E-state index in [1.807, 2.05) is 56.3 Å². The molecule has 182 valence electrons. The summed E-state index contributed by atoms with van der Waals surface area (Å²) >= 11 is 3.56. The summed E-state index contributed by atoms with van der Waals surface area (Å²) in [4.78, 5) is 32.9. The van der Waals surface area contributed by atoms with Gasteiger partial charge in [0, 0.05) is 9.13 Å². The van der Waals surface area contributed by atoms with Crippen molar-refractivity contribution < 1.29 is 19.4 Å². The predicted octanol–water partition coefficient (Wildman–Crippen LogP) is 6.62. The molecular weight excluding hydrogens is 587 g/mol. The largest absolute Gasteiger partial charge is 0.507 e. The number of ketones is 1. The first-order chi connectivity index (χ1) is 17.4. The first-order valence-corrected chi connectivity index (χ1v) is 13.4. The van der Waals surface area contributed by atoms with Crippen molar-refractivity contribution >= 4 is 66.7 Å². The molecule has 1 unspecified atom stereocenters. The van der Waals surface area contributed by atoms with Crippen molar-refractivity contribution in [1.29, 1.82) is 0 Å². The summed E-state index contributed by atoms with van der Waals surface area (Å²) in [6.07, 6.45) is 0.843. The lowest BCUT2D eigenvalue weighted by molar-refractivity contribution is -0.132. The van der Waals surface area contributed by atoms with Crippen LogP contribution in [-0.2, 0) is 9.59 Å². The van der Waals surface area contributed by atoms with Crippen molar-refractivity contribution in [2.45, 2.75) is 26.3 Å². The molecule has 0 radical (unpaired) electrons. The first kappa shape index (κ1) is 24.5. The highest BCUT2D eigenvalue weighted by molar-refractivity contribution is 14.1. The van der Waals surface area contributed by atoms with Gasteiger partial charge in [0.05, 0.1) is 28.4 Å². The second-order valence-electron chi connectivity index (χ2n) is 8.56. The Morgan fingerprint density at radius 3 is 2.64 bits per heavy atom. The van der Waals surface area contributed by atoms with E-state index >= 15 is 0 Å². The van der Waals surface area contributed by atoms with Crippen LogP contribution in [0.2, 0.25) is 0 Å². The van der Waals surface area contributed by atoms with E-state index in [2.05, 4.69) is 27.6 Å². The summed E-state index contributed by atoms with van der Waals surface area (Å²) in [5, 5.41) is 11.8. The quantitative estimate of drug-likeness (QED) is 0.115. The van der Waals surface area contributed by atoms with Crippen molar-refractivity contribution in [1.82, 2.24) is 4.98 Å². The van der Waals surface area contributed by atoms with Crippen LogP contribution < -0.4 is 9.64 Å². The van der Waals surface area contributed by atoms with Gasteiger partial charge in [0.15, 0.2) is 5.13 Å². The maximum atomic E-state index is 13.4. The van der Waals surface area contributed by atoms with Crippen LogP contribution in [0.1, 0.15) is 36.1 Å². The van der Waals surface area contributed by atoms with E-state index in [-0.39, 0.29) is 11.3 Å². The third-order valence-corrected chi connectivity index (χ3v) is 7.69. The van der Waals surface area contributed by atoms with Crippen LogP contribution in [0.25, 0.3) is 16.0 Å². The van der Waals surface area contributed by atoms with Gasteiger partial charge in [-0.05, 0) is 83.5 Å². The van der Waals surface area contributed by atoms with Crippen LogP contribution >= 0.6 is 33.9 Å². The standard InChI is InChI=1S/C28H23IN2O4S/c1-3-13-35-20-6-4-5-18(15-20)25(32)23-24(17-8-10-19(29)11-9-17)31(27(34)26(23)33)28-30-21-12-7-16(2)14-22(21)36-28/h4-12,14-15,24,32H,3,13H2,1-2H3. The van der Waals surface area contributed by atoms with E-state index in [9.17, 15) is 14.7 Å². The van der Waals surface area contributed by atoms with E-state index in [4.69, 9.17) is 4.74 Å². The predicted molar refractivity (Wildman–Crippen MR) is 151 cm³/mol. The Morgan fingerprint density at radius 1 is 1.11 bits per heavy atom. The van der Waals surface area contributed by atoms with Crippen molar-refractivity contribution in [3.05, 3.63) is 92.6 Å². The number of aryl methyl sites for hydroxylation is 1. The van der Waals surface area contributed by atoms with Crippen LogP contribution in [0.4, 0.5) is 5.13 Å². The summed E-state index contributed by atoms with van der Waals surface area (Å²) in [6, 6.07) is 19.6. The number of hydrogen-bond donors (Lipinski definition) is 1. The summed E-state index contributed by atoms with van der Waals surface area (Å²) in [6.45, 7) is 4.54. The number of hydrogen-bond acceptors (Lipinski definition) is 6. The fraction of sp³-hybridized carbons (Fsp3) is 0.179. The van der Waals surface area contributed by atoms with Crippen molar-refractivity contribution in [2.75, 3.05) is 11.5 Å². The molecule has 8 heteroatoms. The lowest BCUT2D eigenvalue weighted by Gasteiger charge is -2.23. The molecule has 4 aromatic rings. The monoisotopic (exact) mass is 610 g/mol. The van der Waals surface area contributed by atoms with Gasteiger partial charge in [-0.15, -0.1) is 0 Å². The number of ether oxygens (including phenoxy) is 1. The van der Waals surface area contributed by atoms with E-state index in [1.54, 1.807) is 24.3 Å². The minimum absolute atomic E-state index is 0.0317. The zero-order valence-corrected chi connectivity index (χ0v) is 22.7. The molecule has 0 aliphatic carbocycles. The molecule has 1 amide bonds. The van der Waals surface area contributed by atoms with Crippen molar-refractivity contribution in [3.8, 4) is 5.75 Å². The van der Waals surface area contributed by atoms with Crippen LogP contribution in [0.5, 0.6) is 5.75 Å². The Bertz CT molecular complexity index is 1510. The van der Waals surface area contributed by atoms with E-state index in [0.29, 0.717) is 28.6 Å².